The molecule has 0 aliphatic heterocycles. The third-order valence-corrected chi connectivity index (χ3v) is 4.08. The van der Waals surface area contributed by atoms with Crippen molar-refractivity contribution in [1.82, 2.24) is 9.55 Å². The zero-order valence-electron chi connectivity index (χ0n) is 14.5. The van der Waals surface area contributed by atoms with Gasteiger partial charge in [-0.15, -0.1) is 12.4 Å². The van der Waals surface area contributed by atoms with Gasteiger partial charge in [-0.05, 0) is 35.2 Å². The van der Waals surface area contributed by atoms with Crippen LogP contribution in [0.4, 0.5) is 5.82 Å². The Bertz CT molecular complexity index is 984. The molecule has 0 radical (unpaired) electrons. The van der Waals surface area contributed by atoms with Gasteiger partial charge in [0.15, 0.2) is 0 Å². The van der Waals surface area contributed by atoms with Crippen molar-refractivity contribution < 1.29 is 9.90 Å². The Balaban J connectivity index is 0.00000261. The van der Waals surface area contributed by atoms with Gasteiger partial charge in [0.25, 0.3) is 5.56 Å². The summed E-state index contributed by atoms with van der Waals surface area (Å²) in [5, 5.41) is 8.94. The smallest absolute Gasteiger partial charge is 0.307 e. The molecule has 0 bridgehead atoms. The van der Waals surface area contributed by atoms with E-state index in [2.05, 4.69) is 4.98 Å². The molecule has 0 saturated heterocycles. The maximum atomic E-state index is 11.8. The van der Waals surface area contributed by atoms with Crippen molar-refractivity contribution in [1.29, 1.82) is 0 Å². The molecule has 0 atom stereocenters. The van der Waals surface area contributed by atoms with Crippen LogP contribution in [-0.4, -0.2) is 20.6 Å². The number of hydrogen-bond donors (Lipinski definition) is 2. The molecule has 0 fully saturated rings. The Kier molecular flexibility index (Phi) is 6.73. The van der Waals surface area contributed by atoms with Crippen LogP contribution in [0, 0.1) is 0 Å². The molecule has 2 heterocycles. The number of halogens is 1. The minimum absolute atomic E-state index is 0. The molecule has 6 nitrogen and oxygen atoms in total. The Morgan fingerprint density at radius 2 is 1.78 bits per heavy atom. The van der Waals surface area contributed by atoms with E-state index in [1.807, 2.05) is 30.3 Å². The molecule has 140 valence electrons. The van der Waals surface area contributed by atoms with Crippen LogP contribution in [0.5, 0.6) is 0 Å². The summed E-state index contributed by atoms with van der Waals surface area (Å²) in [6.07, 6.45) is 3.92. The van der Waals surface area contributed by atoms with Crippen LogP contribution in [0.15, 0.2) is 65.7 Å². The van der Waals surface area contributed by atoms with Gasteiger partial charge in [-0.2, -0.15) is 0 Å². The number of benzene rings is 1. The van der Waals surface area contributed by atoms with Gasteiger partial charge in [-0.25, -0.2) is 4.98 Å². The van der Waals surface area contributed by atoms with E-state index in [1.54, 1.807) is 29.1 Å². The van der Waals surface area contributed by atoms with Crippen LogP contribution < -0.4 is 11.3 Å². The number of aliphatic carboxylic acids is 1. The number of nitrogen functional groups attached to an aromatic ring is 1. The highest BCUT2D eigenvalue weighted by molar-refractivity contribution is 5.85. The number of rotatable bonds is 6. The molecule has 0 unspecified atom stereocenters. The second kappa shape index (κ2) is 9.00. The van der Waals surface area contributed by atoms with Gasteiger partial charge < -0.3 is 15.4 Å². The lowest BCUT2D eigenvalue weighted by Crippen LogP contribution is -2.18. The van der Waals surface area contributed by atoms with E-state index in [-0.39, 0.29) is 30.2 Å². The molecule has 3 N–H and O–H groups in total. The minimum atomic E-state index is -0.934. The Hall–Kier alpha value is -3.12. The van der Waals surface area contributed by atoms with Crippen molar-refractivity contribution in [2.24, 2.45) is 0 Å². The maximum Gasteiger partial charge on any atom is 0.307 e. The van der Waals surface area contributed by atoms with E-state index in [9.17, 15) is 9.59 Å². The van der Waals surface area contributed by atoms with E-state index in [0.29, 0.717) is 18.5 Å². The number of carboxylic acid groups (broad SMARTS) is 1. The summed E-state index contributed by atoms with van der Waals surface area (Å²) in [5.74, 6) is -0.684. The second-order valence-corrected chi connectivity index (χ2v) is 6.12. The van der Waals surface area contributed by atoms with Crippen LogP contribution in [0.3, 0.4) is 0 Å². The lowest BCUT2D eigenvalue weighted by molar-refractivity contribution is -0.136. The minimum Gasteiger partial charge on any atom is -0.481 e. The molecule has 2 aromatic heterocycles. The first kappa shape index (κ1) is 20.2. The van der Waals surface area contributed by atoms with Crippen LogP contribution in [0.2, 0.25) is 0 Å². The van der Waals surface area contributed by atoms with E-state index < -0.39 is 5.97 Å². The summed E-state index contributed by atoms with van der Waals surface area (Å²) in [4.78, 5) is 26.8. The SMILES string of the molecule is Cl.Nc1ncc(Cc2ccc(Cn3ccccc3=O)cc2)cc1CC(=O)O. The molecule has 1 aromatic carbocycles. The zero-order chi connectivity index (χ0) is 18.5. The maximum absolute atomic E-state index is 11.8. The van der Waals surface area contributed by atoms with Crippen LogP contribution in [-0.2, 0) is 24.2 Å². The first-order valence-corrected chi connectivity index (χ1v) is 8.19. The van der Waals surface area contributed by atoms with Crippen molar-refractivity contribution in [3.63, 3.8) is 0 Å². The van der Waals surface area contributed by atoms with Crippen molar-refractivity contribution in [3.8, 4) is 0 Å². The van der Waals surface area contributed by atoms with Gasteiger partial charge in [-0.1, -0.05) is 30.3 Å². The van der Waals surface area contributed by atoms with Crippen LogP contribution in [0.1, 0.15) is 22.3 Å². The van der Waals surface area contributed by atoms with E-state index in [1.165, 1.54) is 6.07 Å². The predicted molar refractivity (Wildman–Crippen MR) is 106 cm³/mol. The molecule has 0 amide bonds. The highest BCUT2D eigenvalue weighted by Crippen LogP contribution is 2.16. The number of pyridine rings is 2. The number of aromatic nitrogens is 2. The number of anilines is 1. The fraction of sp³-hybridized carbons (Fsp3) is 0.150. The van der Waals surface area contributed by atoms with Crippen molar-refractivity contribution in [3.05, 3.63) is 93.5 Å². The highest BCUT2D eigenvalue weighted by Gasteiger charge is 2.08. The number of nitrogens with zero attached hydrogens (tertiary/aromatic N) is 2. The van der Waals surface area contributed by atoms with Gasteiger partial charge in [0.1, 0.15) is 5.82 Å². The first-order valence-electron chi connectivity index (χ1n) is 8.19. The normalized spacial score (nSPS) is 10.2. The van der Waals surface area contributed by atoms with Crippen LogP contribution >= 0.6 is 12.4 Å². The van der Waals surface area contributed by atoms with E-state index >= 15 is 0 Å². The third kappa shape index (κ3) is 5.43. The summed E-state index contributed by atoms with van der Waals surface area (Å²) in [7, 11) is 0. The summed E-state index contributed by atoms with van der Waals surface area (Å²) in [6.45, 7) is 0.520. The summed E-state index contributed by atoms with van der Waals surface area (Å²) in [5.41, 5.74) is 9.23. The predicted octanol–water partition coefficient (Wildman–Crippen LogP) is 2.51. The van der Waals surface area contributed by atoms with E-state index in [4.69, 9.17) is 10.8 Å². The van der Waals surface area contributed by atoms with Crippen molar-refractivity contribution >= 4 is 24.2 Å². The summed E-state index contributed by atoms with van der Waals surface area (Å²) >= 11 is 0. The average molecular weight is 386 g/mol. The fourth-order valence-corrected chi connectivity index (χ4v) is 2.76. The molecule has 7 heteroatoms. The molecular formula is C20H20ClN3O3. The van der Waals surface area contributed by atoms with Gasteiger partial charge in [0.05, 0.1) is 13.0 Å². The van der Waals surface area contributed by atoms with Crippen molar-refractivity contribution in [2.75, 3.05) is 5.73 Å². The topological polar surface area (TPSA) is 98.2 Å². The fourth-order valence-electron chi connectivity index (χ4n) is 2.76. The Morgan fingerprint density at radius 1 is 1.07 bits per heavy atom. The molecular weight excluding hydrogens is 366 g/mol. The van der Waals surface area contributed by atoms with Gasteiger partial charge in [0.2, 0.25) is 0 Å². The Labute approximate surface area is 162 Å². The molecule has 0 aliphatic carbocycles. The second-order valence-electron chi connectivity index (χ2n) is 6.12. The molecule has 0 saturated carbocycles. The highest BCUT2D eigenvalue weighted by atomic mass is 35.5. The molecule has 27 heavy (non-hydrogen) atoms. The third-order valence-electron chi connectivity index (χ3n) is 4.08. The zero-order valence-corrected chi connectivity index (χ0v) is 15.4. The lowest BCUT2D eigenvalue weighted by atomic mass is 10.0. The number of carbonyl (C=O) groups is 1. The number of hydrogen-bond acceptors (Lipinski definition) is 4. The first-order chi connectivity index (χ1) is 12.5. The van der Waals surface area contributed by atoms with Gasteiger partial charge >= 0.3 is 5.97 Å². The quantitative estimate of drug-likeness (QED) is 0.679. The monoisotopic (exact) mass is 385 g/mol. The molecule has 0 spiro atoms. The van der Waals surface area contributed by atoms with Crippen LogP contribution in [0.25, 0.3) is 0 Å². The van der Waals surface area contributed by atoms with Gasteiger partial charge in [-0.3, -0.25) is 9.59 Å². The standard InChI is InChI=1S/C20H19N3O3.ClH/c21-20-17(11-19(25)26)10-16(12-22-20)9-14-4-6-15(7-5-14)13-23-8-2-1-3-18(23)24;/h1-8,10,12H,9,11,13H2,(H2,21,22)(H,25,26);1H. The number of carboxylic acids is 1. The summed E-state index contributed by atoms with van der Waals surface area (Å²) in [6, 6.07) is 14.8. The molecule has 3 rings (SSSR count). The molecule has 3 aromatic rings. The molecule has 0 aliphatic rings. The number of nitrogens with two attached hydrogens (primary N) is 1. The summed E-state index contributed by atoms with van der Waals surface area (Å²) < 4.78 is 1.65. The van der Waals surface area contributed by atoms with E-state index in [0.717, 1.165) is 16.7 Å². The van der Waals surface area contributed by atoms with Crippen molar-refractivity contribution in [2.45, 2.75) is 19.4 Å². The largest absolute Gasteiger partial charge is 0.481 e. The Morgan fingerprint density at radius 3 is 2.44 bits per heavy atom. The lowest BCUT2D eigenvalue weighted by Gasteiger charge is -2.08. The van der Waals surface area contributed by atoms with Gasteiger partial charge in [0, 0.05) is 24.0 Å². The average Bonchev–Trinajstić information content (AvgIpc) is 2.61.